The maximum atomic E-state index is 13.5. The molecule has 0 saturated heterocycles. The van der Waals surface area contributed by atoms with Crippen molar-refractivity contribution >= 4 is 11.9 Å². The quantitative estimate of drug-likeness (QED) is 0.303. The first kappa shape index (κ1) is 24.0. The van der Waals surface area contributed by atoms with Crippen LogP contribution in [0.5, 0.6) is 0 Å². The first-order valence-electron chi connectivity index (χ1n) is 11.8. The molecule has 0 aliphatic heterocycles. The van der Waals surface area contributed by atoms with E-state index in [1.807, 2.05) is 90.7 Å². The number of carbonyl (C=O) groups excluding carboxylic acids is 1. The predicted molar refractivity (Wildman–Crippen MR) is 140 cm³/mol. The van der Waals surface area contributed by atoms with Gasteiger partial charge in [-0.1, -0.05) is 91.0 Å². The van der Waals surface area contributed by atoms with Crippen LogP contribution in [0.2, 0.25) is 0 Å². The molecule has 4 nitrogen and oxygen atoms in total. The van der Waals surface area contributed by atoms with Crippen molar-refractivity contribution in [2.45, 2.75) is 26.3 Å². The van der Waals surface area contributed by atoms with Crippen LogP contribution in [-0.4, -0.2) is 28.4 Å². The third kappa shape index (κ3) is 6.04. The second-order valence-corrected chi connectivity index (χ2v) is 8.68. The molecule has 0 aliphatic carbocycles. The maximum absolute atomic E-state index is 13.5. The van der Waals surface area contributed by atoms with E-state index in [1.54, 1.807) is 12.1 Å². The Morgan fingerprint density at radius 3 is 2.03 bits per heavy atom. The molecule has 0 radical (unpaired) electrons. The van der Waals surface area contributed by atoms with Crippen molar-refractivity contribution in [3.8, 4) is 11.1 Å². The third-order valence-electron chi connectivity index (χ3n) is 6.19. The van der Waals surface area contributed by atoms with Crippen molar-refractivity contribution in [2.75, 3.05) is 6.54 Å². The van der Waals surface area contributed by atoms with Gasteiger partial charge in [0.2, 0.25) is 0 Å². The normalized spacial score (nSPS) is 10.7. The Balaban J connectivity index is 1.53. The van der Waals surface area contributed by atoms with Crippen LogP contribution in [-0.2, 0) is 13.0 Å². The smallest absolute Gasteiger partial charge is 0.336 e. The topological polar surface area (TPSA) is 57.6 Å². The minimum absolute atomic E-state index is 0.0245. The zero-order valence-electron chi connectivity index (χ0n) is 19.9. The van der Waals surface area contributed by atoms with Gasteiger partial charge >= 0.3 is 5.97 Å². The summed E-state index contributed by atoms with van der Waals surface area (Å²) in [6.07, 6.45) is 1.77. The SMILES string of the molecule is Cc1ccccc1C(=O)N(CCCc1ccccc1)Cc1ccc(-c2ccccc2C(=O)O)cc1. The average molecular weight is 464 g/mol. The number of aromatic carboxylic acids is 1. The largest absolute Gasteiger partial charge is 0.478 e. The summed E-state index contributed by atoms with van der Waals surface area (Å²) >= 11 is 0. The highest BCUT2D eigenvalue weighted by atomic mass is 16.4. The second kappa shape index (κ2) is 11.3. The number of nitrogens with zero attached hydrogens (tertiary/aromatic N) is 1. The summed E-state index contributed by atoms with van der Waals surface area (Å²) in [5.41, 5.74) is 5.75. The number of carboxylic acid groups (broad SMARTS) is 1. The number of aryl methyl sites for hydroxylation is 2. The van der Waals surface area contributed by atoms with Gasteiger partial charge in [0.1, 0.15) is 0 Å². The first-order chi connectivity index (χ1) is 17.0. The van der Waals surface area contributed by atoms with Crippen molar-refractivity contribution in [1.29, 1.82) is 0 Å². The van der Waals surface area contributed by atoms with E-state index in [4.69, 9.17) is 0 Å². The Bertz CT molecular complexity index is 1300. The molecule has 1 amide bonds. The van der Waals surface area contributed by atoms with E-state index in [9.17, 15) is 14.7 Å². The average Bonchev–Trinajstić information content (AvgIpc) is 2.89. The molecule has 1 N–H and O–H groups in total. The zero-order chi connectivity index (χ0) is 24.6. The molecule has 176 valence electrons. The molecule has 0 saturated carbocycles. The summed E-state index contributed by atoms with van der Waals surface area (Å²) in [6, 6.07) is 32.8. The summed E-state index contributed by atoms with van der Waals surface area (Å²) in [7, 11) is 0. The molecule has 35 heavy (non-hydrogen) atoms. The van der Waals surface area contributed by atoms with E-state index in [-0.39, 0.29) is 11.5 Å². The number of amides is 1. The molecule has 4 aromatic carbocycles. The fourth-order valence-corrected chi connectivity index (χ4v) is 4.29. The van der Waals surface area contributed by atoms with Crippen LogP contribution in [0.25, 0.3) is 11.1 Å². The minimum atomic E-state index is -0.946. The summed E-state index contributed by atoms with van der Waals surface area (Å²) < 4.78 is 0. The van der Waals surface area contributed by atoms with E-state index in [0.717, 1.165) is 35.1 Å². The van der Waals surface area contributed by atoms with Gasteiger partial charge in [-0.3, -0.25) is 4.79 Å². The van der Waals surface area contributed by atoms with Gasteiger partial charge in [-0.25, -0.2) is 4.79 Å². The van der Waals surface area contributed by atoms with Crippen molar-refractivity contribution in [2.24, 2.45) is 0 Å². The van der Waals surface area contributed by atoms with Crippen LogP contribution in [0.4, 0.5) is 0 Å². The van der Waals surface area contributed by atoms with Gasteiger partial charge in [0.25, 0.3) is 5.91 Å². The van der Waals surface area contributed by atoms with Gasteiger partial charge in [0, 0.05) is 18.7 Å². The first-order valence-corrected chi connectivity index (χ1v) is 11.8. The maximum Gasteiger partial charge on any atom is 0.336 e. The molecule has 0 bridgehead atoms. The van der Waals surface area contributed by atoms with E-state index in [0.29, 0.717) is 18.7 Å². The minimum Gasteiger partial charge on any atom is -0.478 e. The monoisotopic (exact) mass is 463 g/mol. The highest BCUT2D eigenvalue weighted by Crippen LogP contribution is 2.25. The number of carbonyl (C=O) groups is 2. The van der Waals surface area contributed by atoms with Crippen LogP contribution in [0.1, 0.15) is 43.8 Å². The lowest BCUT2D eigenvalue weighted by Crippen LogP contribution is -2.32. The fourth-order valence-electron chi connectivity index (χ4n) is 4.29. The standard InChI is InChI=1S/C31H29NO3/c1-23-10-5-6-14-27(23)30(33)32(21-9-13-24-11-3-2-4-12-24)22-25-17-19-26(20-18-25)28-15-7-8-16-29(28)31(34)35/h2-8,10-12,14-20H,9,13,21-22H2,1H3,(H,34,35). The molecule has 0 atom stereocenters. The lowest BCUT2D eigenvalue weighted by Gasteiger charge is -2.24. The Hall–Kier alpha value is -4.18. The van der Waals surface area contributed by atoms with Gasteiger partial charge in [0.15, 0.2) is 0 Å². The van der Waals surface area contributed by atoms with Crippen molar-refractivity contribution in [1.82, 2.24) is 4.90 Å². The number of rotatable bonds is 9. The predicted octanol–water partition coefficient (Wildman–Crippen LogP) is 6.64. The number of hydrogen-bond donors (Lipinski definition) is 1. The molecule has 0 aromatic heterocycles. The highest BCUT2D eigenvalue weighted by Gasteiger charge is 2.18. The number of hydrogen-bond acceptors (Lipinski definition) is 2. The van der Waals surface area contributed by atoms with Crippen LogP contribution in [0.3, 0.4) is 0 Å². The highest BCUT2D eigenvalue weighted by molar-refractivity contribution is 5.96. The Kier molecular flexibility index (Phi) is 7.74. The van der Waals surface area contributed by atoms with Crippen molar-refractivity contribution < 1.29 is 14.7 Å². The Morgan fingerprint density at radius 2 is 1.34 bits per heavy atom. The molecule has 0 unspecified atom stereocenters. The summed E-state index contributed by atoms with van der Waals surface area (Å²) in [5.74, 6) is -0.922. The van der Waals surface area contributed by atoms with Crippen LogP contribution in [0.15, 0.2) is 103 Å². The molecule has 4 aromatic rings. The lowest BCUT2D eigenvalue weighted by atomic mass is 9.98. The van der Waals surface area contributed by atoms with Crippen LogP contribution < -0.4 is 0 Å². The van der Waals surface area contributed by atoms with Crippen molar-refractivity contribution in [3.63, 3.8) is 0 Å². The van der Waals surface area contributed by atoms with E-state index < -0.39 is 5.97 Å². The Morgan fingerprint density at radius 1 is 0.714 bits per heavy atom. The van der Waals surface area contributed by atoms with Crippen LogP contribution in [0, 0.1) is 6.92 Å². The van der Waals surface area contributed by atoms with E-state index in [1.165, 1.54) is 5.56 Å². The molecule has 0 heterocycles. The van der Waals surface area contributed by atoms with Gasteiger partial charge in [-0.15, -0.1) is 0 Å². The zero-order valence-corrected chi connectivity index (χ0v) is 19.9. The van der Waals surface area contributed by atoms with E-state index in [2.05, 4.69) is 12.1 Å². The van der Waals surface area contributed by atoms with Gasteiger partial charge < -0.3 is 10.0 Å². The van der Waals surface area contributed by atoms with E-state index >= 15 is 0 Å². The molecule has 4 heteroatoms. The molecule has 0 spiro atoms. The number of carboxylic acids is 1. The fraction of sp³-hybridized carbons (Fsp3) is 0.161. The van der Waals surface area contributed by atoms with Crippen molar-refractivity contribution in [3.05, 3.63) is 131 Å². The number of benzene rings is 4. The molecular formula is C31H29NO3. The van der Waals surface area contributed by atoms with Gasteiger partial charge in [-0.2, -0.15) is 0 Å². The third-order valence-corrected chi connectivity index (χ3v) is 6.19. The second-order valence-electron chi connectivity index (χ2n) is 8.68. The molecule has 0 aliphatic rings. The Labute approximate surface area is 206 Å². The summed E-state index contributed by atoms with van der Waals surface area (Å²) in [4.78, 5) is 27.0. The lowest BCUT2D eigenvalue weighted by molar-refractivity contribution is 0.0696. The molecular weight excluding hydrogens is 434 g/mol. The summed E-state index contributed by atoms with van der Waals surface area (Å²) in [5, 5.41) is 9.51. The molecule has 4 rings (SSSR count). The molecule has 0 fully saturated rings. The summed E-state index contributed by atoms with van der Waals surface area (Å²) in [6.45, 7) is 3.10. The van der Waals surface area contributed by atoms with Gasteiger partial charge in [-0.05, 0) is 59.7 Å². The van der Waals surface area contributed by atoms with Crippen LogP contribution >= 0.6 is 0 Å². The van der Waals surface area contributed by atoms with Gasteiger partial charge in [0.05, 0.1) is 5.56 Å².